The number of aromatic nitrogens is 2. The third-order valence-corrected chi connectivity index (χ3v) is 5.49. The maximum absolute atomic E-state index is 12.5. The number of pyridine rings is 1. The van der Waals surface area contributed by atoms with E-state index >= 15 is 0 Å². The molecule has 1 saturated heterocycles. The minimum Gasteiger partial charge on any atom is -0.357 e. The summed E-state index contributed by atoms with van der Waals surface area (Å²) in [5.74, 6) is 1.43. The summed E-state index contributed by atoms with van der Waals surface area (Å²) in [6.07, 6.45) is 6.41. The van der Waals surface area contributed by atoms with Crippen LogP contribution in [0, 0.1) is 12.8 Å². The van der Waals surface area contributed by atoms with E-state index in [-0.39, 0.29) is 5.91 Å². The van der Waals surface area contributed by atoms with E-state index in [2.05, 4.69) is 34.0 Å². The van der Waals surface area contributed by atoms with Crippen molar-refractivity contribution in [3.8, 4) is 0 Å². The number of piperidine rings is 1. The monoisotopic (exact) mass is 358 g/mol. The molecule has 3 heterocycles. The Kier molecular flexibility index (Phi) is 5.68. The summed E-state index contributed by atoms with van der Waals surface area (Å²) in [6, 6.07) is 3.92. The molecule has 0 unspecified atom stereocenters. The van der Waals surface area contributed by atoms with Crippen LogP contribution < -0.4 is 10.2 Å². The Morgan fingerprint density at radius 3 is 2.68 bits per heavy atom. The summed E-state index contributed by atoms with van der Waals surface area (Å²) in [6.45, 7) is 8.35. The Labute approximate surface area is 153 Å². The van der Waals surface area contributed by atoms with E-state index in [1.807, 2.05) is 19.1 Å². The van der Waals surface area contributed by atoms with Crippen molar-refractivity contribution in [3.63, 3.8) is 0 Å². The lowest BCUT2D eigenvalue weighted by Gasteiger charge is -2.27. The summed E-state index contributed by atoms with van der Waals surface area (Å²) >= 11 is 1.49. The Morgan fingerprint density at radius 2 is 2.04 bits per heavy atom. The minimum absolute atomic E-state index is 0.0995. The fraction of sp³-hybridized carbons (Fsp3) is 0.526. The number of amides is 1. The largest absolute Gasteiger partial charge is 0.357 e. The van der Waals surface area contributed by atoms with Crippen molar-refractivity contribution in [3.05, 3.63) is 33.9 Å². The first-order valence-electron chi connectivity index (χ1n) is 9.01. The molecule has 1 amide bonds. The van der Waals surface area contributed by atoms with Crippen LogP contribution in [0.15, 0.2) is 18.3 Å². The lowest BCUT2D eigenvalue weighted by atomic mass is 10.1. The van der Waals surface area contributed by atoms with Gasteiger partial charge >= 0.3 is 0 Å². The maximum atomic E-state index is 12.5. The number of carbonyl (C=O) groups excluding carboxylic acids is 1. The molecule has 1 aliphatic rings. The molecule has 5 nitrogen and oxygen atoms in total. The highest BCUT2D eigenvalue weighted by molar-refractivity contribution is 7.13. The topological polar surface area (TPSA) is 58.1 Å². The van der Waals surface area contributed by atoms with Crippen LogP contribution in [0.1, 0.15) is 53.5 Å². The zero-order chi connectivity index (χ0) is 17.8. The molecule has 25 heavy (non-hydrogen) atoms. The Balaban J connectivity index is 1.65. The number of nitrogens with one attached hydrogen (secondary N) is 1. The summed E-state index contributed by atoms with van der Waals surface area (Å²) in [7, 11) is 0. The third kappa shape index (κ3) is 4.57. The Bertz CT molecular complexity index is 718. The van der Waals surface area contributed by atoms with Crippen molar-refractivity contribution in [2.75, 3.05) is 23.3 Å². The lowest BCUT2D eigenvalue weighted by molar-refractivity contribution is 0.103. The van der Waals surface area contributed by atoms with Gasteiger partial charge in [-0.15, -0.1) is 11.3 Å². The van der Waals surface area contributed by atoms with Gasteiger partial charge in [0.1, 0.15) is 10.7 Å². The molecule has 0 saturated carbocycles. The predicted octanol–water partition coefficient (Wildman–Crippen LogP) is 4.29. The van der Waals surface area contributed by atoms with Crippen LogP contribution in [0.4, 0.5) is 11.5 Å². The predicted molar refractivity (Wildman–Crippen MR) is 104 cm³/mol. The summed E-state index contributed by atoms with van der Waals surface area (Å²) in [4.78, 5) is 24.6. The molecule has 0 aliphatic carbocycles. The Hall–Kier alpha value is -1.95. The van der Waals surface area contributed by atoms with Crippen molar-refractivity contribution in [1.29, 1.82) is 0 Å². The standard InChI is InChI=1S/C19H26N4OS/c1-13(2)11-17-21-14(3)18(25-17)19(24)22-15-7-8-16(20-12-15)23-9-5-4-6-10-23/h7-8,12-13H,4-6,9-11H2,1-3H3,(H,22,24). The maximum Gasteiger partial charge on any atom is 0.267 e. The highest BCUT2D eigenvalue weighted by atomic mass is 32.1. The van der Waals surface area contributed by atoms with Crippen LogP contribution >= 0.6 is 11.3 Å². The Morgan fingerprint density at radius 1 is 1.28 bits per heavy atom. The van der Waals surface area contributed by atoms with Crippen LogP contribution in [0.3, 0.4) is 0 Å². The molecule has 1 aliphatic heterocycles. The van der Waals surface area contributed by atoms with Gasteiger partial charge in [-0.25, -0.2) is 9.97 Å². The van der Waals surface area contributed by atoms with Crippen LogP contribution in [0.25, 0.3) is 0 Å². The first-order valence-corrected chi connectivity index (χ1v) is 9.83. The zero-order valence-corrected chi connectivity index (χ0v) is 16.0. The quantitative estimate of drug-likeness (QED) is 0.866. The van der Waals surface area contributed by atoms with E-state index in [1.54, 1.807) is 6.20 Å². The van der Waals surface area contributed by atoms with Gasteiger partial charge in [0.25, 0.3) is 5.91 Å². The number of anilines is 2. The van der Waals surface area contributed by atoms with Gasteiger partial charge in [0, 0.05) is 19.5 Å². The number of rotatable bonds is 5. The fourth-order valence-electron chi connectivity index (χ4n) is 3.06. The number of thiazole rings is 1. The van der Waals surface area contributed by atoms with E-state index in [1.165, 1.54) is 30.6 Å². The van der Waals surface area contributed by atoms with Crippen LogP contribution in [0.5, 0.6) is 0 Å². The van der Waals surface area contributed by atoms with Crippen LogP contribution in [-0.4, -0.2) is 29.0 Å². The van der Waals surface area contributed by atoms with Gasteiger partial charge in [-0.1, -0.05) is 13.8 Å². The second kappa shape index (κ2) is 7.95. The molecule has 0 spiro atoms. The molecular formula is C19H26N4OS. The second-order valence-corrected chi connectivity index (χ2v) is 8.11. The number of nitrogens with zero attached hydrogens (tertiary/aromatic N) is 3. The zero-order valence-electron chi connectivity index (χ0n) is 15.2. The molecule has 1 fully saturated rings. The number of aryl methyl sites for hydroxylation is 1. The molecule has 0 radical (unpaired) electrons. The summed E-state index contributed by atoms with van der Waals surface area (Å²) in [5, 5.41) is 3.97. The van der Waals surface area contributed by atoms with Crippen molar-refractivity contribution < 1.29 is 4.79 Å². The average molecular weight is 359 g/mol. The highest BCUT2D eigenvalue weighted by Crippen LogP contribution is 2.23. The molecule has 2 aromatic heterocycles. The molecule has 0 bridgehead atoms. The SMILES string of the molecule is Cc1nc(CC(C)C)sc1C(=O)Nc1ccc(N2CCCCC2)nc1. The molecule has 1 N–H and O–H groups in total. The van der Waals surface area contributed by atoms with Crippen LogP contribution in [-0.2, 0) is 6.42 Å². The average Bonchev–Trinajstić information content (AvgIpc) is 2.96. The first-order chi connectivity index (χ1) is 12.0. The van der Waals surface area contributed by atoms with E-state index in [9.17, 15) is 4.79 Å². The number of carbonyl (C=O) groups is 1. The van der Waals surface area contributed by atoms with E-state index < -0.39 is 0 Å². The van der Waals surface area contributed by atoms with Crippen molar-refractivity contribution in [2.24, 2.45) is 5.92 Å². The van der Waals surface area contributed by atoms with Gasteiger partial charge < -0.3 is 10.2 Å². The van der Waals surface area contributed by atoms with Gasteiger partial charge in [-0.2, -0.15) is 0 Å². The number of hydrogen-bond acceptors (Lipinski definition) is 5. The molecule has 0 aromatic carbocycles. The normalized spacial score (nSPS) is 14.8. The van der Waals surface area contributed by atoms with E-state index in [0.717, 1.165) is 41.7 Å². The fourth-order valence-corrected chi connectivity index (χ4v) is 4.23. The minimum atomic E-state index is -0.0995. The summed E-state index contributed by atoms with van der Waals surface area (Å²) in [5.41, 5.74) is 1.53. The lowest BCUT2D eigenvalue weighted by Crippen LogP contribution is -2.30. The molecule has 0 atom stereocenters. The van der Waals surface area contributed by atoms with E-state index in [0.29, 0.717) is 10.8 Å². The number of hydrogen-bond donors (Lipinski definition) is 1. The third-order valence-electron chi connectivity index (χ3n) is 4.32. The van der Waals surface area contributed by atoms with Gasteiger partial charge in [0.15, 0.2) is 0 Å². The second-order valence-electron chi connectivity index (χ2n) is 7.03. The van der Waals surface area contributed by atoms with Gasteiger partial charge in [-0.3, -0.25) is 4.79 Å². The highest BCUT2D eigenvalue weighted by Gasteiger charge is 2.17. The van der Waals surface area contributed by atoms with Crippen molar-refractivity contribution in [1.82, 2.24) is 9.97 Å². The van der Waals surface area contributed by atoms with Crippen LogP contribution in [0.2, 0.25) is 0 Å². The molecule has 134 valence electrons. The van der Waals surface area contributed by atoms with Crippen molar-refractivity contribution in [2.45, 2.75) is 46.5 Å². The van der Waals surface area contributed by atoms with Crippen molar-refractivity contribution >= 4 is 28.7 Å². The molecule has 6 heteroatoms. The molecule has 3 rings (SSSR count). The first kappa shape index (κ1) is 17.9. The molecule has 2 aromatic rings. The van der Waals surface area contributed by atoms with E-state index in [4.69, 9.17) is 0 Å². The van der Waals surface area contributed by atoms with Gasteiger partial charge in [0.05, 0.1) is 22.6 Å². The smallest absolute Gasteiger partial charge is 0.267 e. The molecular weight excluding hydrogens is 332 g/mol. The van der Waals surface area contributed by atoms with Gasteiger partial charge in [0.2, 0.25) is 0 Å². The summed E-state index contributed by atoms with van der Waals surface area (Å²) < 4.78 is 0. The van der Waals surface area contributed by atoms with Gasteiger partial charge in [-0.05, 0) is 44.2 Å².